The van der Waals surface area contributed by atoms with Gasteiger partial charge in [0, 0.05) is 20.1 Å². The Bertz CT molecular complexity index is 391. The molecule has 1 atom stereocenters. The normalized spacial score (nSPS) is 18.4. The second-order valence-corrected chi connectivity index (χ2v) is 4.82. The zero-order valence-electron chi connectivity index (χ0n) is 11.0. The highest BCUT2D eigenvalue weighted by Gasteiger charge is 2.17. The number of para-hydroxylation sites is 1. The second kappa shape index (κ2) is 5.87. The number of hydrogen-bond acceptors (Lipinski definition) is 3. The van der Waals surface area contributed by atoms with Crippen LogP contribution in [0.1, 0.15) is 12.0 Å². The van der Waals surface area contributed by atoms with Crippen LogP contribution in [-0.4, -0.2) is 44.1 Å². The summed E-state index contributed by atoms with van der Waals surface area (Å²) < 4.78 is 5.77. The van der Waals surface area contributed by atoms with Crippen molar-refractivity contribution in [2.45, 2.75) is 18.9 Å². The Morgan fingerprint density at radius 1 is 1.44 bits per heavy atom. The van der Waals surface area contributed by atoms with Crippen LogP contribution in [0.15, 0.2) is 24.3 Å². The average molecular weight is 248 g/mol. The third-order valence-electron chi connectivity index (χ3n) is 3.22. The number of ether oxygens (including phenoxy) is 1. The molecule has 0 radical (unpaired) electrons. The summed E-state index contributed by atoms with van der Waals surface area (Å²) in [6.07, 6.45) is 1.99. The molecule has 1 heterocycles. The molecule has 0 aliphatic carbocycles. The summed E-state index contributed by atoms with van der Waals surface area (Å²) in [6.45, 7) is 0.995. The molecular weight excluding hydrogens is 228 g/mol. The highest BCUT2D eigenvalue weighted by molar-refractivity contribution is 5.77. The number of likely N-dealkylation sites (N-methyl/N-ethyl adjacent to an activating group) is 1. The van der Waals surface area contributed by atoms with Crippen molar-refractivity contribution in [3.05, 3.63) is 29.8 Å². The standard InChI is InChI=1S/C14H20N2O2/c1-16(2)14(17)9-15-12-8-7-11-5-3-4-6-13(11)18-10-12/h3-6,12,15H,7-10H2,1-2H3/t12-/m0/s1. The Morgan fingerprint density at radius 3 is 3.00 bits per heavy atom. The van der Waals surface area contributed by atoms with Gasteiger partial charge in [-0.25, -0.2) is 0 Å². The Hall–Kier alpha value is -1.55. The SMILES string of the molecule is CN(C)C(=O)CN[C@H]1CCc2ccccc2OC1. The number of benzene rings is 1. The molecule has 0 saturated carbocycles. The summed E-state index contributed by atoms with van der Waals surface area (Å²) >= 11 is 0. The Labute approximate surface area is 108 Å². The molecule has 0 saturated heterocycles. The maximum Gasteiger partial charge on any atom is 0.236 e. The van der Waals surface area contributed by atoms with Crippen molar-refractivity contribution >= 4 is 5.91 Å². The van der Waals surface area contributed by atoms with Gasteiger partial charge in [-0.1, -0.05) is 18.2 Å². The molecule has 1 aliphatic rings. The van der Waals surface area contributed by atoms with E-state index < -0.39 is 0 Å². The van der Waals surface area contributed by atoms with Crippen molar-refractivity contribution in [3.8, 4) is 5.75 Å². The van der Waals surface area contributed by atoms with E-state index in [1.54, 1.807) is 19.0 Å². The molecule has 4 nitrogen and oxygen atoms in total. The fourth-order valence-corrected chi connectivity index (χ4v) is 2.01. The van der Waals surface area contributed by atoms with Gasteiger partial charge in [0.15, 0.2) is 0 Å². The number of carbonyl (C=O) groups excluding carboxylic acids is 1. The zero-order chi connectivity index (χ0) is 13.0. The van der Waals surface area contributed by atoms with Crippen LogP contribution in [0, 0.1) is 0 Å². The molecule has 18 heavy (non-hydrogen) atoms. The smallest absolute Gasteiger partial charge is 0.236 e. The van der Waals surface area contributed by atoms with E-state index in [-0.39, 0.29) is 11.9 Å². The summed E-state index contributed by atoms with van der Waals surface area (Å²) in [5.41, 5.74) is 1.25. The topological polar surface area (TPSA) is 41.6 Å². The van der Waals surface area contributed by atoms with Crippen LogP contribution < -0.4 is 10.1 Å². The predicted molar refractivity (Wildman–Crippen MR) is 70.7 cm³/mol. The van der Waals surface area contributed by atoms with Gasteiger partial charge >= 0.3 is 0 Å². The van der Waals surface area contributed by atoms with E-state index in [2.05, 4.69) is 11.4 Å². The molecule has 0 unspecified atom stereocenters. The van der Waals surface area contributed by atoms with E-state index >= 15 is 0 Å². The minimum absolute atomic E-state index is 0.0942. The van der Waals surface area contributed by atoms with Crippen molar-refractivity contribution in [1.29, 1.82) is 0 Å². The molecule has 0 aromatic heterocycles. The first-order valence-corrected chi connectivity index (χ1v) is 6.31. The van der Waals surface area contributed by atoms with Crippen molar-refractivity contribution in [1.82, 2.24) is 10.2 Å². The molecular formula is C14H20N2O2. The van der Waals surface area contributed by atoms with Crippen LogP contribution in [0.2, 0.25) is 0 Å². The molecule has 0 bridgehead atoms. The van der Waals surface area contributed by atoms with E-state index in [1.807, 2.05) is 18.2 Å². The van der Waals surface area contributed by atoms with Gasteiger partial charge in [-0.3, -0.25) is 4.79 Å². The summed E-state index contributed by atoms with van der Waals surface area (Å²) in [4.78, 5) is 13.1. The van der Waals surface area contributed by atoms with E-state index in [4.69, 9.17) is 4.74 Å². The highest BCUT2D eigenvalue weighted by atomic mass is 16.5. The summed E-state index contributed by atoms with van der Waals surface area (Å²) in [5, 5.41) is 3.26. The maximum absolute atomic E-state index is 11.5. The number of amides is 1. The van der Waals surface area contributed by atoms with Crippen LogP contribution in [0.4, 0.5) is 0 Å². The van der Waals surface area contributed by atoms with Gasteiger partial charge in [-0.05, 0) is 24.5 Å². The van der Waals surface area contributed by atoms with Crippen LogP contribution >= 0.6 is 0 Å². The molecule has 1 aliphatic heterocycles. The number of hydrogen-bond donors (Lipinski definition) is 1. The lowest BCUT2D eigenvalue weighted by Crippen LogP contribution is -2.41. The first kappa shape index (κ1) is 12.9. The average Bonchev–Trinajstić information content (AvgIpc) is 2.58. The minimum atomic E-state index is 0.0942. The lowest BCUT2D eigenvalue weighted by molar-refractivity contribution is -0.127. The Morgan fingerprint density at radius 2 is 2.22 bits per heavy atom. The maximum atomic E-state index is 11.5. The molecule has 0 spiro atoms. The largest absolute Gasteiger partial charge is 0.492 e. The van der Waals surface area contributed by atoms with E-state index in [9.17, 15) is 4.79 Å². The van der Waals surface area contributed by atoms with Crippen molar-refractivity contribution in [2.24, 2.45) is 0 Å². The predicted octanol–water partition coefficient (Wildman–Crippen LogP) is 1.06. The van der Waals surface area contributed by atoms with E-state index in [0.717, 1.165) is 18.6 Å². The monoisotopic (exact) mass is 248 g/mol. The van der Waals surface area contributed by atoms with Gasteiger partial charge in [0.05, 0.1) is 6.54 Å². The lowest BCUT2D eigenvalue weighted by Gasteiger charge is -2.17. The second-order valence-electron chi connectivity index (χ2n) is 4.82. The van der Waals surface area contributed by atoms with Crippen molar-refractivity contribution in [2.75, 3.05) is 27.2 Å². The first-order chi connectivity index (χ1) is 8.66. The molecule has 1 amide bonds. The van der Waals surface area contributed by atoms with Gasteiger partial charge in [-0.15, -0.1) is 0 Å². The van der Waals surface area contributed by atoms with Crippen LogP contribution in [0.25, 0.3) is 0 Å². The van der Waals surface area contributed by atoms with Gasteiger partial charge in [0.25, 0.3) is 0 Å². The van der Waals surface area contributed by atoms with E-state index in [0.29, 0.717) is 13.2 Å². The van der Waals surface area contributed by atoms with Crippen molar-refractivity contribution < 1.29 is 9.53 Å². The fraction of sp³-hybridized carbons (Fsp3) is 0.500. The summed E-state index contributed by atoms with van der Waals surface area (Å²) in [6, 6.07) is 8.36. The van der Waals surface area contributed by atoms with Gasteiger partial charge in [-0.2, -0.15) is 0 Å². The molecule has 4 heteroatoms. The van der Waals surface area contributed by atoms with Gasteiger partial charge in [0.1, 0.15) is 12.4 Å². The quantitative estimate of drug-likeness (QED) is 0.869. The molecule has 2 rings (SSSR count). The molecule has 1 aromatic carbocycles. The third kappa shape index (κ3) is 3.23. The number of carbonyl (C=O) groups is 1. The molecule has 98 valence electrons. The number of nitrogens with zero attached hydrogens (tertiary/aromatic N) is 1. The van der Waals surface area contributed by atoms with E-state index in [1.165, 1.54) is 5.56 Å². The minimum Gasteiger partial charge on any atom is -0.492 e. The summed E-state index contributed by atoms with van der Waals surface area (Å²) in [5.74, 6) is 1.07. The number of nitrogens with one attached hydrogen (secondary N) is 1. The van der Waals surface area contributed by atoms with Crippen LogP contribution in [0.5, 0.6) is 5.75 Å². The number of fused-ring (bicyclic) bond motifs is 1. The number of rotatable bonds is 3. The highest BCUT2D eigenvalue weighted by Crippen LogP contribution is 2.23. The fourth-order valence-electron chi connectivity index (χ4n) is 2.01. The molecule has 1 N–H and O–H groups in total. The van der Waals surface area contributed by atoms with Crippen molar-refractivity contribution in [3.63, 3.8) is 0 Å². The van der Waals surface area contributed by atoms with Crippen LogP contribution in [-0.2, 0) is 11.2 Å². The Balaban J connectivity index is 1.87. The summed E-state index contributed by atoms with van der Waals surface area (Å²) in [7, 11) is 3.53. The first-order valence-electron chi connectivity index (χ1n) is 6.31. The third-order valence-corrected chi connectivity index (χ3v) is 3.22. The Kier molecular flexibility index (Phi) is 4.20. The number of aryl methyl sites for hydroxylation is 1. The van der Waals surface area contributed by atoms with Gasteiger partial charge < -0.3 is 15.0 Å². The lowest BCUT2D eigenvalue weighted by atomic mass is 10.1. The molecule has 0 fully saturated rings. The van der Waals surface area contributed by atoms with Gasteiger partial charge in [0.2, 0.25) is 5.91 Å². The zero-order valence-corrected chi connectivity index (χ0v) is 11.0. The van der Waals surface area contributed by atoms with Crippen LogP contribution in [0.3, 0.4) is 0 Å². The molecule has 1 aromatic rings.